The molecule has 2 aromatic rings. The first kappa shape index (κ1) is 14.8. The molecular weight excluding hydrogens is 280 g/mol. The van der Waals surface area contributed by atoms with E-state index < -0.39 is 0 Å². The highest BCUT2D eigenvalue weighted by Gasteiger charge is 2.19. The molecule has 0 amide bonds. The van der Waals surface area contributed by atoms with Gasteiger partial charge in [0.25, 0.3) is 0 Å². The van der Waals surface area contributed by atoms with Crippen molar-refractivity contribution in [3.05, 3.63) is 46.0 Å². The zero-order valence-corrected chi connectivity index (χ0v) is 13.5. The maximum atomic E-state index is 5.58. The van der Waals surface area contributed by atoms with Crippen LogP contribution in [0.25, 0.3) is 0 Å². The van der Waals surface area contributed by atoms with Crippen molar-refractivity contribution in [2.45, 2.75) is 32.9 Å². The molecule has 0 bridgehead atoms. The SMILES string of the molecule is Cc1ccc(CNCC2CCN(Cc3cccs3)CC2)o1. The molecule has 0 radical (unpaired) electrons. The van der Waals surface area contributed by atoms with Gasteiger partial charge in [-0.25, -0.2) is 0 Å². The van der Waals surface area contributed by atoms with E-state index in [1.807, 2.05) is 24.3 Å². The van der Waals surface area contributed by atoms with E-state index >= 15 is 0 Å². The lowest BCUT2D eigenvalue weighted by Crippen LogP contribution is -2.36. The first-order valence-electron chi connectivity index (χ1n) is 7.80. The summed E-state index contributed by atoms with van der Waals surface area (Å²) in [5, 5.41) is 5.70. The maximum Gasteiger partial charge on any atom is 0.117 e. The van der Waals surface area contributed by atoms with Gasteiger partial charge in [0.1, 0.15) is 11.5 Å². The molecule has 4 heteroatoms. The van der Waals surface area contributed by atoms with E-state index in [0.29, 0.717) is 0 Å². The van der Waals surface area contributed by atoms with Crippen molar-refractivity contribution in [3.8, 4) is 0 Å². The molecule has 114 valence electrons. The predicted molar refractivity (Wildman–Crippen MR) is 87.5 cm³/mol. The summed E-state index contributed by atoms with van der Waals surface area (Å²) in [4.78, 5) is 4.07. The molecule has 0 unspecified atom stereocenters. The summed E-state index contributed by atoms with van der Waals surface area (Å²) >= 11 is 1.87. The van der Waals surface area contributed by atoms with Crippen LogP contribution in [0.1, 0.15) is 29.2 Å². The summed E-state index contributed by atoms with van der Waals surface area (Å²) in [6, 6.07) is 8.47. The molecule has 3 nitrogen and oxygen atoms in total. The number of thiophene rings is 1. The summed E-state index contributed by atoms with van der Waals surface area (Å²) in [6.45, 7) is 7.53. The van der Waals surface area contributed by atoms with E-state index in [1.54, 1.807) is 0 Å². The van der Waals surface area contributed by atoms with E-state index in [2.05, 4.69) is 33.8 Å². The number of furan rings is 1. The zero-order valence-electron chi connectivity index (χ0n) is 12.7. The van der Waals surface area contributed by atoms with Crippen LogP contribution >= 0.6 is 11.3 Å². The molecule has 1 aliphatic heterocycles. The molecule has 1 fully saturated rings. The molecule has 1 aliphatic rings. The third-order valence-electron chi connectivity index (χ3n) is 4.19. The van der Waals surface area contributed by atoms with Gasteiger partial charge in [-0.15, -0.1) is 11.3 Å². The summed E-state index contributed by atoms with van der Waals surface area (Å²) in [7, 11) is 0. The van der Waals surface area contributed by atoms with Crippen LogP contribution in [0.15, 0.2) is 34.1 Å². The van der Waals surface area contributed by atoms with Gasteiger partial charge in [-0.05, 0) is 68.9 Å². The maximum absolute atomic E-state index is 5.58. The van der Waals surface area contributed by atoms with Crippen LogP contribution in [0.5, 0.6) is 0 Å². The van der Waals surface area contributed by atoms with Gasteiger partial charge in [-0.3, -0.25) is 4.90 Å². The number of rotatable bonds is 6. The van der Waals surface area contributed by atoms with Crippen molar-refractivity contribution in [2.75, 3.05) is 19.6 Å². The van der Waals surface area contributed by atoms with Gasteiger partial charge in [-0.2, -0.15) is 0 Å². The largest absolute Gasteiger partial charge is 0.465 e. The van der Waals surface area contributed by atoms with Crippen LogP contribution in [-0.4, -0.2) is 24.5 Å². The molecule has 3 rings (SSSR count). The molecule has 0 saturated carbocycles. The van der Waals surface area contributed by atoms with Crippen molar-refractivity contribution in [1.29, 1.82) is 0 Å². The van der Waals surface area contributed by atoms with Crippen molar-refractivity contribution < 1.29 is 4.42 Å². The monoisotopic (exact) mass is 304 g/mol. The molecule has 3 heterocycles. The number of piperidine rings is 1. The Morgan fingerprint density at radius 2 is 2.14 bits per heavy atom. The summed E-state index contributed by atoms with van der Waals surface area (Å²) in [5.41, 5.74) is 0. The topological polar surface area (TPSA) is 28.4 Å². The quantitative estimate of drug-likeness (QED) is 0.883. The third kappa shape index (κ3) is 4.43. The second-order valence-corrected chi connectivity index (χ2v) is 6.97. The Morgan fingerprint density at radius 1 is 1.29 bits per heavy atom. The Morgan fingerprint density at radius 3 is 2.81 bits per heavy atom. The normalized spacial score (nSPS) is 17.4. The van der Waals surface area contributed by atoms with Crippen molar-refractivity contribution in [1.82, 2.24) is 10.2 Å². The first-order chi connectivity index (χ1) is 10.3. The lowest BCUT2D eigenvalue weighted by molar-refractivity contribution is 0.176. The van der Waals surface area contributed by atoms with Crippen molar-refractivity contribution >= 4 is 11.3 Å². The highest BCUT2D eigenvalue weighted by atomic mass is 32.1. The zero-order chi connectivity index (χ0) is 14.5. The number of aryl methyl sites for hydroxylation is 1. The molecule has 2 aromatic heterocycles. The molecule has 1 saturated heterocycles. The number of hydrogen-bond donors (Lipinski definition) is 1. The minimum absolute atomic E-state index is 0.806. The van der Waals surface area contributed by atoms with Crippen molar-refractivity contribution in [2.24, 2.45) is 5.92 Å². The average molecular weight is 304 g/mol. The minimum atomic E-state index is 0.806. The Hall–Kier alpha value is -1.10. The van der Waals surface area contributed by atoms with Gasteiger partial charge in [0, 0.05) is 11.4 Å². The lowest BCUT2D eigenvalue weighted by Gasteiger charge is -2.31. The van der Waals surface area contributed by atoms with Gasteiger partial charge < -0.3 is 9.73 Å². The van der Waals surface area contributed by atoms with Gasteiger partial charge in [0.15, 0.2) is 0 Å². The van der Waals surface area contributed by atoms with Crippen molar-refractivity contribution in [3.63, 3.8) is 0 Å². The second kappa shape index (κ2) is 7.25. The molecule has 0 spiro atoms. The summed E-state index contributed by atoms with van der Waals surface area (Å²) in [6.07, 6.45) is 2.60. The summed E-state index contributed by atoms with van der Waals surface area (Å²) in [5.74, 6) is 2.84. The first-order valence-corrected chi connectivity index (χ1v) is 8.68. The number of hydrogen-bond acceptors (Lipinski definition) is 4. The number of nitrogens with zero attached hydrogens (tertiary/aromatic N) is 1. The van der Waals surface area contributed by atoms with Crippen LogP contribution in [0, 0.1) is 12.8 Å². The van der Waals surface area contributed by atoms with E-state index in [9.17, 15) is 0 Å². The van der Waals surface area contributed by atoms with Crippen LogP contribution in [-0.2, 0) is 13.1 Å². The van der Waals surface area contributed by atoms with E-state index in [-0.39, 0.29) is 0 Å². The molecule has 21 heavy (non-hydrogen) atoms. The van der Waals surface area contributed by atoms with Crippen LogP contribution in [0.4, 0.5) is 0 Å². The average Bonchev–Trinajstić information content (AvgIpc) is 3.13. The predicted octanol–water partition coefficient (Wildman–Crippen LogP) is 3.65. The van der Waals surface area contributed by atoms with Crippen LogP contribution < -0.4 is 5.32 Å². The standard InChI is InChI=1S/C17H24N2OS/c1-14-4-5-16(20-14)12-18-11-15-6-8-19(9-7-15)13-17-3-2-10-21-17/h2-5,10,15,18H,6-9,11-13H2,1H3. The Labute approximate surface area is 131 Å². The van der Waals surface area contributed by atoms with Gasteiger partial charge in [0.05, 0.1) is 6.54 Å². The fraction of sp³-hybridized carbons (Fsp3) is 0.529. The minimum Gasteiger partial charge on any atom is -0.465 e. The Kier molecular flexibility index (Phi) is 5.12. The molecule has 0 atom stereocenters. The van der Waals surface area contributed by atoms with E-state index in [1.165, 1.54) is 30.8 Å². The Bertz CT molecular complexity index is 527. The van der Waals surface area contributed by atoms with Crippen LogP contribution in [0.2, 0.25) is 0 Å². The smallest absolute Gasteiger partial charge is 0.117 e. The van der Waals surface area contributed by atoms with Crippen LogP contribution in [0.3, 0.4) is 0 Å². The third-order valence-corrected chi connectivity index (χ3v) is 5.06. The number of likely N-dealkylation sites (tertiary alicyclic amines) is 1. The van der Waals surface area contributed by atoms with Gasteiger partial charge >= 0.3 is 0 Å². The molecule has 1 N–H and O–H groups in total. The molecular formula is C17H24N2OS. The Balaban J connectivity index is 1.34. The highest BCUT2D eigenvalue weighted by Crippen LogP contribution is 2.20. The van der Waals surface area contributed by atoms with Gasteiger partial charge in [0.2, 0.25) is 0 Å². The lowest BCUT2D eigenvalue weighted by atomic mass is 9.97. The molecule has 0 aromatic carbocycles. The summed E-state index contributed by atoms with van der Waals surface area (Å²) < 4.78 is 5.58. The fourth-order valence-corrected chi connectivity index (χ4v) is 3.70. The molecule has 0 aliphatic carbocycles. The van der Waals surface area contributed by atoms with E-state index in [0.717, 1.165) is 37.1 Å². The fourth-order valence-electron chi connectivity index (χ4n) is 2.95. The highest BCUT2D eigenvalue weighted by molar-refractivity contribution is 7.09. The second-order valence-electron chi connectivity index (χ2n) is 5.94. The van der Waals surface area contributed by atoms with Gasteiger partial charge in [-0.1, -0.05) is 6.07 Å². The number of nitrogens with one attached hydrogen (secondary N) is 1. The van der Waals surface area contributed by atoms with E-state index in [4.69, 9.17) is 4.42 Å².